The average Bonchev–Trinajstić information content (AvgIpc) is 2.33. The van der Waals surface area contributed by atoms with Crippen molar-refractivity contribution in [3.8, 4) is 0 Å². The van der Waals surface area contributed by atoms with Gasteiger partial charge in [0.2, 0.25) is 0 Å². The summed E-state index contributed by atoms with van der Waals surface area (Å²) in [5.74, 6) is -1.07. The van der Waals surface area contributed by atoms with E-state index in [-0.39, 0.29) is 11.3 Å². The van der Waals surface area contributed by atoms with Crippen molar-refractivity contribution in [1.29, 1.82) is 0 Å². The van der Waals surface area contributed by atoms with Crippen LogP contribution in [0.15, 0.2) is 51.9 Å². The monoisotopic (exact) mass is 233 g/mol. The van der Waals surface area contributed by atoms with Gasteiger partial charge in [0.05, 0.1) is 11.3 Å². The number of rotatable bonds is 2. The molecule has 0 fully saturated rings. The molecule has 0 unspecified atom stereocenters. The Bertz CT molecular complexity index is 586. The van der Waals surface area contributed by atoms with E-state index in [1.165, 1.54) is 24.3 Å². The van der Waals surface area contributed by atoms with Crippen molar-refractivity contribution in [3.63, 3.8) is 0 Å². The van der Waals surface area contributed by atoms with Crippen LogP contribution >= 0.6 is 0 Å². The van der Waals surface area contributed by atoms with Crippen LogP contribution in [0.1, 0.15) is 10.4 Å². The Kier molecular flexibility index (Phi) is 3.00. The molecule has 1 N–H and O–H groups in total. The molecule has 1 aromatic heterocycles. The van der Waals surface area contributed by atoms with Gasteiger partial charge in [-0.15, -0.1) is 0 Å². The van der Waals surface area contributed by atoms with E-state index >= 15 is 0 Å². The summed E-state index contributed by atoms with van der Waals surface area (Å²) in [5.41, 5.74) is -0.330. The molecule has 2 rings (SSSR count). The molecule has 2 aromatic rings. The van der Waals surface area contributed by atoms with Crippen LogP contribution in [0.25, 0.3) is 0 Å². The smallest absolute Gasteiger partial charge is 0.335 e. The van der Waals surface area contributed by atoms with Gasteiger partial charge in [-0.05, 0) is 18.2 Å². The Hall–Kier alpha value is -2.43. The van der Waals surface area contributed by atoms with E-state index in [9.17, 15) is 14.0 Å². The number of hydrogen-bond acceptors (Lipinski definition) is 3. The summed E-state index contributed by atoms with van der Waals surface area (Å²) < 4.78 is 17.8. The minimum Gasteiger partial charge on any atom is -0.430 e. The van der Waals surface area contributed by atoms with Crippen molar-refractivity contribution in [2.45, 2.75) is 0 Å². The van der Waals surface area contributed by atoms with Gasteiger partial charge in [0.25, 0.3) is 5.91 Å². The van der Waals surface area contributed by atoms with E-state index in [0.29, 0.717) is 0 Å². The van der Waals surface area contributed by atoms with Gasteiger partial charge in [-0.1, -0.05) is 12.1 Å². The van der Waals surface area contributed by atoms with Crippen LogP contribution in [0.4, 0.5) is 10.1 Å². The Morgan fingerprint density at radius 3 is 2.59 bits per heavy atom. The number of carbonyl (C=O) groups excluding carboxylic acids is 1. The Morgan fingerprint density at radius 2 is 1.94 bits per heavy atom. The van der Waals surface area contributed by atoms with Gasteiger partial charge in [0, 0.05) is 6.07 Å². The van der Waals surface area contributed by atoms with Crippen molar-refractivity contribution in [1.82, 2.24) is 0 Å². The molecule has 0 spiro atoms. The number of amides is 1. The van der Waals surface area contributed by atoms with E-state index in [1.54, 1.807) is 6.07 Å². The predicted molar refractivity (Wildman–Crippen MR) is 59.3 cm³/mol. The zero-order chi connectivity index (χ0) is 12.3. The quantitative estimate of drug-likeness (QED) is 0.863. The van der Waals surface area contributed by atoms with E-state index < -0.39 is 17.3 Å². The number of para-hydroxylation sites is 1. The van der Waals surface area contributed by atoms with Gasteiger partial charge in [-0.3, -0.25) is 4.79 Å². The van der Waals surface area contributed by atoms with Gasteiger partial charge >= 0.3 is 5.63 Å². The molecular formula is C12H8FNO3. The lowest BCUT2D eigenvalue weighted by Crippen LogP contribution is -2.13. The predicted octanol–water partition coefficient (Wildman–Crippen LogP) is 2.03. The van der Waals surface area contributed by atoms with Gasteiger partial charge in [0.1, 0.15) is 12.1 Å². The van der Waals surface area contributed by atoms with E-state index in [0.717, 1.165) is 12.3 Å². The summed E-state index contributed by atoms with van der Waals surface area (Å²) in [5, 5.41) is 2.37. The summed E-state index contributed by atoms with van der Waals surface area (Å²) in [7, 11) is 0. The first-order valence-corrected chi connectivity index (χ1v) is 4.81. The van der Waals surface area contributed by atoms with Crippen LogP contribution in [0.2, 0.25) is 0 Å². The molecule has 0 bridgehead atoms. The highest BCUT2D eigenvalue weighted by Gasteiger charge is 2.09. The minimum absolute atomic E-state index is 0.0729. The maximum atomic E-state index is 13.2. The first-order chi connectivity index (χ1) is 8.16. The third-order valence-electron chi connectivity index (χ3n) is 2.09. The fraction of sp³-hybridized carbons (Fsp3) is 0. The molecule has 0 atom stereocenters. The topological polar surface area (TPSA) is 59.3 Å². The highest BCUT2D eigenvalue weighted by Crippen LogP contribution is 2.13. The standard InChI is InChI=1S/C12H8FNO3/c13-9-3-1-2-4-10(9)14-12(16)8-5-6-11(15)17-7-8/h1-7H,(H,14,16). The molecule has 0 radical (unpaired) electrons. The van der Waals surface area contributed by atoms with Crippen LogP contribution in [0, 0.1) is 5.82 Å². The van der Waals surface area contributed by atoms with Crippen molar-refractivity contribution in [2.75, 3.05) is 5.32 Å². The number of benzene rings is 1. The number of nitrogens with one attached hydrogen (secondary N) is 1. The maximum Gasteiger partial charge on any atom is 0.335 e. The molecule has 17 heavy (non-hydrogen) atoms. The Morgan fingerprint density at radius 1 is 1.18 bits per heavy atom. The number of carbonyl (C=O) groups is 1. The summed E-state index contributed by atoms with van der Waals surface area (Å²) in [6.45, 7) is 0. The molecular weight excluding hydrogens is 225 g/mol. The van der Waals surface area contributed by atoms with Crippen LogP contribution in [-0.2, 0) is 0 Å². The first-order valence-electron chi connectivity index (χ1n) is 4.81. The number of anilines is 1. The molecule has 1 heterocycles. The van der Waals surface area contributed by atoms with Crippen LogP contribution in [-0.4, -0.2) is 5.91 Å². The highest BCUT2D eigenvalue weighted by atomic mass is 19.1. The average molecular weight is 233 g/mol. The zero-order valence-corrected chi connectivity index (χ0v) is 8.64. The normalized spacial score (nSPS) is 9.94. The fourth-order valence-corrected chi connectivity index (χ4v) is 1.24. The molecule has 1 amide bonds. The van der Waals surface area contributed by atoms with Crippen molar-refractivity contribution < 1.29 is 13.6 Å². The number of halogens is 1. The first kappa shape index (κ1) is 11.1. The van der Waals surface area contributed by atoms with Gasteiger partial charge in [0.15, 0.2) is 0 Å². The lowest BCUT2D eigenvalue weighted by molar-refractivity contribution is 0.102. The summed E-state index contributed by atoms with van der Waals surface area (Å²) >= 11 is 0. The molecule has 0 aliphatic carbocycles. The molecule has 0 saturated carbocycles. The second kappa shape index (κ2) is 4.61. The molecule has 1 aromatic carbocycles. The van der Waals surface area contributed by atoms with Gasteiger partial charge in [-0.25, -0.2) is 9.18 Å². The van der Waals surface area contributed by atoms with E-state index in [2.05, 4.69) is 9.73 Å². The largest absolute Gasteiger partial charge is 0.430 e. The van der Waals surface area contributed by atoms with Crippen molar-refractivity contribution in [2.24, 2.45) is 0 Å². The molecule has 4 nitrogen and oxygen atoms in total. The lowest BCUT2D eigenvalue weighted by atomic mass is 10.2. The van der Waals surface area contributed by atoms with E-state index in [4.69, 9.17) is 0 Å². The number of hydrogen-bond donors (Lipinski definition) is 1. The lowest BCUT2D eigenvalue weighted by Gasteiger charge is -2.04. The fourth-order valence-electron chi connectivity index (χ4n) is 1.24. The SMILES string of the molecule is O=C(Nc1ccccc1F)c1ccc(=O)oc1. The van der Waals surface area contributed by atoms with E-state index in [1.807, 2.05) is 0 Å². The third-order valence-corrected chi connectivity index (χ3v) is 2.09. The second-order valence-electron chi connectivity index (χ2n) is 3.28. The van der Waals surface area contributed by atoms with Gasteiger partial charge in [-0.2, -0.15) is 0 Å². The summed E-state index contributed by atoms with van der Waals surface area (Å²) in [4.78, 5) is 22.3. The van der Waals surface area contributed by atoms with Crippen LogP contribution < -0.4 is 10.9 Å². The summed E-state index contributed by atoms with van der Waals surface area (Å²) in [6, 6.07) is 8.22. The van der Waals surface area contributed by atoms with Gasteiger partial charge < -0.3 is 9.73 Å². The highest BCUT2D eigenvalue weighted by molar-refractivity contribution is 6.03. The maximum absolute atomic E-state index is 13.2. The van der Waals surface area contributed by atoms with Crippen LogP contribution in [0.3, 0.4) is 0 Å². The molecule has 0 saturated heterocycles. The van der Waals surface area contributed by atoms with Crippen molar-refractivity contribution in [3.05, 3.63) is 64.5 Å². The zero-order valence-electron chi connectivity index (χ0n) is 8.64. The Labute approximate surface area is 95.7 Å². The molecule has 0 aliphatic rings. The molecule has 86 valence electrons. The van der Waals surface area contributed by atoms with Crippen LogP contribution in [0.5, 0.6) is 0 Å². The summed E-state index contributed by atoms with van der Waals surface area (Å²) in [6.07, 6.45) is 1.03. The second-order valence-corrected chi connectivity index (χ2v) is 3.28. The molecule has 5 heteroatoms. The Balaban J connectivity index is 2.20. The third kappa shape index (κ3) is 2.57. The molecule has 0 aliphatic heterocycles. The van der Waals surface area contributed by atoms with Crippen molar-refractivity contribution >= 4 is 11.6 Å². The minimum atomic E-state index is -0.549.